The maximum atomic E-state index is 12.9. The second-order valence-electron chi connectivity index (χ2n) is 3.37. The van der Waals surface area contributed by atoms with Crippen molar-refractivity contribution in [2.45, 2.75) is 28.3 Å². The van der Waals surface area contributed by atoms with Crippen molar-refractivity contribution in [2.75, 3.05) is 0 Å². The number of halogens is 14. The van der Waals surface area contributed by atoms with Crippen molar-refractivity contribution in [1.29, 1.82) is 0 Å². The quantitative estimate of drug-likeness (QED) is 0.422. The normalized spacial score (nSPS) is 17.4. The molecule has 1 atom stereocenters. The van der Waals surface area contributed by atoms with Crippen LogP contribution in [-0.2, 0) is 0 Å². The minimum Gasteiger partial charge on any atom is -0.211 e. The average molecular weight is 383 g/mol. The van der Waals surface area contributed by atoms with Gasteiger partial charge in [0, 0.05) is 0 Å². The summed E-state index contributed by atoms with van der Waals surface area (Å²) in [7, 11) is 0. The Bertz CT molecular complexity index is 429. The van der Waals surface area contributed by atoms with Gasteiger partial charge in [-0.05, 0) is 11.6 Å². The highest BCUT2D eigenvalue weighted by atomic mass is 35.5. The highest BCUT2D eigenvalue weighted by molar-refractivity contribution is 6.33. The number of rotatable bonds is 5. The van der Waals surface area contributed by atoms with E-state index in [1.807, 2.05) is 0 Å². The summed E-state index contributed by atoms with van der Waals surface area (Å²) in [4.78, 5) is 0. The predicted molar refractivity (Wildman–Crippen MR) is 45.7 cm³/mol. The van der Waals surface area contributed by atoms with Crippen LogP contribution in [-0.4, -0.2) is 28.3 Å². The van der Waals surface area contributed by atoms with Crippen LogP contribution in [0, 0.1) is 0 Å². The fourth-order valence-electron chi connectivity index (χ4n) is 0.829. The Hall–Kier alpha value is -0.520. The Labute approximate surface area is 117 Å². The van der Waals surface area contributed by atoms with E-state index in [0.29, 0.717) is 0 Å². The standard InChI is InChI=1S/C7Cl2F12/c8-4(15,7(9,20)21)6(18,19)5(16,17)3(13,14)1(10)2(11)12. The maximum absolute atomic E-state index is 12.9. The summed E-state index contributed by atoms with van der Waals surface area (Å²) in [5, 5.41) is -12.4. The fourth-order valence-corrected chi connectivity index (χ4v) is 1.07. The van der Waals surface area contributed by atoms with Gasteiger partial charge in [-0.15, -0.1) is 0 Å². The first kappa shape index (κ1) is 20.5. The van der Waals surface area contributed by atoms with E-state index >= 15 is 0 Å². The van der Waals surface area contributed by atoms with E-state index in [9.17, 15) is 52.7 Å². The first-order chi connectivity index (χ1) is 8.85. The molecule has 0 aromatic carbocycles. The van der Waals surface area contributed by atoms with Gasteiger partial charge in [0.1, 0.15) is 0 Å². The predicted octanol–water partition coefficient (Wildman–Crippen LogP) is 5.71. The van der Waals surface area contributed by atoms with E-state index in [2.05, 4.69) is 23.2 Å². The lowest BCUT2D eigenvalue weighted by molar-refractivity contribution is -0.339. The highest BCUT2D eigenvalue weighted by Gasteiger charge is 2.86. The zero-order valence-electron chi connectivity index (χ0n) is 8.79. The number of allylic oxidation sites excluding steroid dienone is 1. The third-order valence-electron chi connectivity index (χ3n) is 1.98. The summed E-state index contributed by atoms with van der Waals surface area (Å²) in [6.45, 7) is 0. The monoisotopic (exact) mass is 382 g/mol. The van der Waals surface area contributed by atoms with E-state index in [1.165, 1.54) is 0 Å². The van der Waals surface area contributed by atoms with E-state index in [4.69, 9.17) is 0 Å². The zero-order valence-corrected chi connectivity index (χ0v) is 10.3. The van der Waals surface area contributed by atoms with Crippen LogP contribution in [0.2, 0.25) is 0 Å². The minimum absolute atomic E-state index is 3.66. The molecule has 1 unspecified atom stereocenters. The SMILES string of the molecule is FC(F)=C(F)C(F)(F)C(F)(F)C(F)(F)C(F)(Cl)C(F)(F)Cl. The van der Waals surface area contributed by atoms with Gasteiger partial charge < -0.3 is 0 Å². The molecule has 0 aliphatic rings. The first-order valence-electron chi connectivity index (χ1n) is 4.15. The largest absolute Gasteiger partial charge is 0.383 e. The summed E-state index contributed by atoms with van der Waals surface area (Å²) in [6, 6.07) is 0. The Balaban J connectivity index is 6.20. The molecule has 0 radical (unpaired) electrons. The lowest BCUT2D eigenvalue weighted by atomic mass is 9.99. The van der Waals surface area contributed by atoms with Gasteiger partial charge >= 0.3 is 34.4 Å². The van der Waals surface area contributed by atoms with Crippen molar-refractivity contribution < 1.29 is 52.7 Å². The molecule has 0 bridgehead atoms. The van der Waals surface area contributed by atoms with Gasteiger partial charge in [-0.25, -0.2) is 4.39 Å². The van der Waals surface area contributed by atoms with Crippen LogP contribution in [0.5, 0.6) is 0 Å². The van der Waals surface area contributed by atoms with Crippen molar-refractivity contribution in [2.24, 2.45) is 0 Å². The van der Waals surface area contributed by atoms with Crippen molar-refractivity contribution in [3.8, 4) is 0 Å². The summed E-state index contributed by atoms with van der Waals surface area (Å²) < 4.78 is 149. The maximum Gasteiger partial charge on any atom is 0.383 e. The van der Waals surface area contributed by atoms with Crippen LogP contribution < -0.4 is 0 Å². The van der Waals surface area contributed by atoms with Gasteiger partial charge in [0.25, 0.3) is 0 Å². The molecule has 0 heterocycles. The molecule has 0 aliphatic heterocycles. The van der Waals surface area contributed by atoms with E-state index < -0.39 is 40.2 Å². The number of hydrogen-bond donors (Lipinski definition) is 0. The van der Waals surface area contributed by atoms with Gasteiger partial charge in [0.2, 0.25) is 5.83 Å². The molecular formula is C7Cl2F12. The van der Waals surface area contributed by atoms with Crippen LogP contribution in [0.25, 0.3) is 0 Å². The third kappa shape index (κ3) is 2.88. The van der Waals surface area contributed by atoms with E-state index in [1.54, 1.807) is 0 Å². The zero-order chi connectivity index (χ0) is 17.7. The van der Waals surface area contributed by atoms with Crippen molar-refractivity contribution >= 4 is 23.2 Å². The molecular weight excluding hydrogens is 383 g/mol. The van der Waals surface area contributed by atoms with Crippen LogP contribution in [0.15, 0.2) is 11.9 Å². The van der Waals surface area contributed by atoms with Gasteiger partial charge in [0.05, 0.1) is 0 Å². The number of alkyl halides is 11. The molecule has 0 N–H and O–H groups in total. The summed E-state index contributed by atoms with van der Waals surface area (Å²) >= 11 is 7.40. The third-order valence-corrected chi connectivity index (χ3v) is 2.81. The lowest BCUT2D eigenvalue weighted by Crippen LogP contribution is -2.65. The average Bonchev–Trinajstić information content (AvgIpc) is 2.25. The highest BCUT2D eigenvalue weighted by Crippen LogP contribution is 2.60. The molecule has 0 aromatic rings. The molecule has 14 heteroatoms. The molecule has 0 saturated carbocycles. The number of hydrogen-bond acceptors (Lipinski definition) is 0. The van der Waals surface area contributed by atoms with Crippen LogP contribution in [0.4, 0.5) is 52.7 Å². The molecule has 0 rings (SSSR count). The summed E-state index contributed by atoms with van der Waals surface area (Å²) in [6.07, 6.45) is -4.16. The van der Waals surface area contributed by atoms with E-state index in [0.717, 1.165) is 0 Å². The van der Waals surface area contributed by atoms with Gasteiger partial charge in [0.15, 0.2) is 0 Å². The van der Waals surface area contributed by atoms with Crippen LogP contribution in [0.3, 0.4) is 0 Å². The second-order valence-corrected chi connectivity index (χ2v) is 4.37. The summed E-state index contributed by atoms with van der Waals surface area (Å²) in [5.74, 6) is -26.1. The Morgan fingerprint density at radius 2 is 0.952 bits per heavy atom. The molecule has 0 nitrogen and oxygen atoms in total. The van der Waals surface area contributed by atoms with Crippen molar-refractivity contribution in [3.05, 3.63) is 11.9 Å². The second kappa shape index (κ2) is 5.28. The molecule has 0 fully saturated rings. The summed E-state index contributed by atoms with van der Waals surface area (Å²) in [5.41, 5.74) is 0. The topological polar surface area (TPSA) is 0 Å². The van der Waals surface area contributed by atoms with E-state index in [-0.39, 0.29) is 0 Å². The van der Waals surface area contributed by atoms with Gasteiger partial charge in [-0.1, -0.05) is 11.6 Å². The molecule has 126 valence electrons. The molecule has 0 spiro atoms. The van der Waals surface area contributed by atoms with Crippen molar-refractivity contribution in [3.63, 3.8) is 0 Å². The van der Waals surface area contributed by atoms with Gasteiger partial charge in [-0.2, -0.15) is 48.3 Å². The van der Waals surface area contributed by atoms with Gasteiger partial charge in [-0.3, -0.25) is 0 Å². The first-order valence-corrected chi connectivity index (χ1v) is 4.90. The lowest BCUT2D eigenvalue weighted by Gasteiger charge is -2.38. The molecule has 0 aromatic heterocycles. The van der Waals surface area contributed by atoms with Crippen molar-refractivity contribution in [1.82, 2.24) is 0 Å². The molecule has 21 heavy (non-hydrogen) atoms. The van der Waals surface area contributed by atoms with Crippen LogP contribution in [0.1, 0.15) is 0 Å². The minimum atomic E-state index is -7.41. The molecule has 0 aliphatic carbocycles. The Morgan fingerprint density at radius 3 is 1.19 bits per heavy atom. The Kier molecular flexibility index (Phi) is 5.15. The molecule has 0 saturated heterocycles. The fraction of sp³-hybridized carbons (Fsp3) is 0.714. The smallest absolute Gasteiger partial charge is 0.211 e. The van der Waals surface area contributed by atoms with Crippen LogP contribution >= 0.6 is 23.2 Å². The molecule has 0 amide bonds. The Morgan fingerprint density at radius 1 is 0.619 bits per heavy atom.